The number of halogens is 3. The molecule has 0 aliphatic rings. The maximum absolute atomic E-state index is 12.9. The largest absolute Gasteiger partial charge is 0.488 e. The Labute approximate surface area is 211 Å². The molecule has 36 heavy (non-hydrogen) atoms. The molecular formula is C27H27F3N2O3S. The number of alkyl halides is 3. The monoisotopic (exact) mass is 516 g/mol. The summed E-state index contributed by atoms with van der Waals surface area (Å²) in [6, 6.07) is 13.0. The molecule has 0 bridgehead atoms. The van der Waals surface area contributed by atoms with Crippen LogP contribution < -0.4 is 4.74 Å². The van der Waals surface area contributed by atoms with E-state index in [0.717, 1.165) is 65.2 Å². The van der Waals surface area contributed by atoms with Crippen LogP contribution in [0.4, 0.5) is 13.2 Å². The number of aromatic nitrogens is 2. The van der Waals surface area contributed by atoms with Gasteiger partial charge in [-0.3, -0.25) is 4.79 Å². The van der Waals surface area contributed by atoms with Gasteiger partial charge in [-0.05, 0) is 55.7 Å². The molecule has 4 aromatic rings. The second kappa shape index (κ2) is 11.2. The van der Waals surface area contributed by atoms with Gasteiger partial charge in [-0.15, -0.1) is 11.3 Å². The van der Waals surface area contributed by atoms with E-state index in [1.165, 1.54) is 23.5 Å². The number of carboxylic acids is 1. The van der Waals surface area contributed by atoms with Crippen molar-refractivity contribution in [3.63, 3.8) is 0 Å². The van der Waals surface area contributed by atoms with E-state index < -0.39 is 17.7 Å². The van der Waals surface area contributed by atoms with Gasteiger partial charge in [0.25, 0.3) is 0 Å². The van der Waals surface area contributed by atoms with Gasteiger partial charge < -0.3 is 14.4 Å². The predicted molar refractivity (Wildman–Crippen MR) is 134 cm³/mol. The molecular weight excluding hydrogens is 489 g/mol. The Hall–Kier alpha value is -3.33. The van der Waals surface area contributed by atoms with Crippen LogP contribution in [0.15, 0.2) is 54.7 Å². The van der Waals surface area contributed by atoms with E-state index in [9.17, 15) is 18.0 Å². The quantitative estimate of drug-likeness (QED) is 0.209. The summed E-state index contributed by atoms with van der Waals surface area (Å²) >= 11 is 1.44. The smallest absolute Gasteiger partial charge is 0.416 e. The van der Waals surface area contributed by atoms with Gasteiger partial charge >= 0.3 is 12.1 Å². The summed E-state index contributed by atoms with van der Waals surface area (Å²) < 4.78 is 46.9. The van der Waals surface area contributed by atoms with Crippen molar-refractivity contribution < 1.29 is 27.8 Å². The average molecular weight is 517 g/mol. The molecule has 190 valence electrons. The molecule has 0 fully saturated rings. The lowest BCUT2D eigenvalue weighted by Crippen LogP contribution is -2.03. The molecule has 1 N–H and O–H groups in total. The highest BCUT2D eigenvalue weighted by Gasteiger charge is 2.30. The standard InChI is InChI=1S/C27H27F3N2O3S/c1-2-5-22-24(36-26(31-22)18-7-9-20(10-8-18)27(28,29)30)17-35-21-11-12-23-19(16-21)13-15-32(23)14-4-3-6-25(33)34/h7-13,15-16H,2-6,14,17H2,1H3,(H,33,34). The molecule has 5 nitrogen and oxygen atoms in total. The minimum atomic E-state index is -4.36. The first-order valence-corrected chi connectivity index (χ1v) is 12.7. The number of benzene rings is 2. The maximum atomic E-state index is 12.9. The molecule has 0 unspecified atom stereocenters. The molecule has 2 aromatic heterocycles. The van der Waals surface area contributed by atoms with Gasteiger partial charge in [0.2, 0.25) is 0 Å². The Morgan fingerprint density at radius 1 is 1.11 bits per heavy atom. The van der Waals surface area contributed by atoms with Crippen LogP contribution in [-0.4, -0.2) is 20.6 Å². The lowest BCUT2D eigenvalue weighted by Gasteiger charge is -2.08. The second-order valence-electron chi connectivity index (χ2n) is 8.58. The first kappa shape index (κ1) is 25.8. The lowest BCUT2D eigenvalue weighted by atomic mass is 10.1. The van der Waals surface area contributed by atoms with Crippen LogP contribution in [-0.2, 0) is 30.5 Å². The van der Waals surface area contributed by atoms with Gasteiger partial charge in [-0.2, -0.15) is 13.2 Å². The number of rotatable bonds is 11. The van der Waals surface area contributed by atoms with Crippen LogP contribution in [0.3, 0.4) is 0 Å². The highest BCUT2D eigenvalue weighted by Crippen LogP contribution is 2.34. The number of fused-ring (bicyclic) bond motifs is 1. The highest BCUT2D eigenvalue weighted by molar-refractivity contribution is 7.15. The molecule has 0 aliphatic carbocycles. The molecule has 0 amide bonds. The van der Waals surface area contributed by atoms with Gasteiger partial charge in [-0.25, -0.2) is 4.98 Å². The van der Waals surface area contributed by atoms with Crippen molar-refractivity contribution in [1.29, 1.82) is 0 Å². The number of carbonyl (C=O) groups is 1. The van der Waals surface area contributed by atoms with Crippen LogP contribution in [0.25, 0.3) is 21.5 Å². The van der Waals surface area contributed by atoms with Gasteiger partial charge in [0.1, 0.15) is 17.4 Å². The summed E-state index contributed by atoms with van der Waals surface area (Å²) in [5, 5.41) is 10.5. The number of unbranched alkanes of at least 4 members (excludes halogenated alkanes) is 1. The van der Waals surface area contributed by atoms with Crippen molar-refractivity contribution in [2.75, 3.05) is 0 Å². The Bertz CT molecular complexity index is 1330. The summed E-state index contributed by atoms with van der Waals surface area (Å²) in [5.74, 6) is -0.0540. The second-order valence-corrected chi connectivity index (χ2v) is 9.67. The minimum absolute atomic E-state index is 0.176. The number of nitrogens with zero attached hydrogens (tertiary/aromatic N) is 2. The van der Waals surface area contributed by atoms with Crippen LogP contribution in [0.5, 0.6) is 5.75 Å². The third kappa shape index (κ3) is 6.26. The van der Waals surface area contributed by atoms with E-state index in [1.54, 1.807) is 0 Å². The van der Waals surface area contributed by atoms with Crippen LogP contribution in [0.1, 0.15) is 48.7 Å². The van der Waals surface area contributed by atoms with Crippen molar-refractivity contribution in [3.8, 4) is 16.3 Å². The molecule has 0 spiro atoms. The molecule has 0 aliphatic heterocycles. The lowest BCUT2D eigenvalue weighted by molar-refractivity contribution is -0.138. The molecule has 4 rings (SSSR count). The van der Waals surface area contributed by atoms with Gasteiger partial charge in [0, 0.05) is 35.6 Å². The van der Waals surface area contributed by atoms with Crippen LogP contribution >= 0.6 is 11.3 Å². The van der Waals surface area contributed by atoms with E-state index >= 15 is 0 Å². The topological polar surface area (TPSA) is 64.4 Å². The van der Waals surface area contributed by atoms with Crippen LogP contribution in [0.2, 0.25) is 0 Å². The molecule has 0 atom stereocenters. The summed E-state index contributed by atoms with van der Waals surface area (Å²) in [5.41, 5.74) is 1.95. The number of thiazole rings is 1. The van der Waals surface area contributed by atoms with Gasteiger partial charge in [-0.1, -0.05) is 25.5 Å². The fourth-order valence-corrected chi connectivity index (χ4v) is 5.05. The summed E-state index contributed by atoms with van der Waals surface area (Å²) in [6.45, 7) is 3.14. The van der Waals surface area contributed by atoms with Crippen molar-refractivity contribution in [2.45, 2.75) is 58.4 Å². The fourth-order valence-electron chi connectivity index (χ4n) is 4.02. The number of carboxylic acid groups (broad SMARTS) is 1. The maximum Gasteiger partial charge on any atom is 0.416 e. The zero-order valence-electron chi connectivity index (χ0n) is 19.8. The third-order valence-corrected chi connectivity index (χ3v) is 7.00. The molecule has 0 radical (unpaired) electrons. The van der Waals surface area contributed by atoms with Crippen molar-refractivity contribution in [1.82, 2.24) is 9.55 Å². The van der Waals surface area contributed by atoms with E-state index in [1.807, 2.05) is 30.5 Å². The Balaban J connectivity index is 1.45. The normalized spacial score (nSPS) is 11.8. The number of aliphatic carboxylic acids is 1. The van der Waals surface area contributed by atoms with Crippen molar-refractivity contribution >= 4 is 28.2 Å². The highest BCUT2D eigenvalue weighted by atomic mass is 32.1. The third-order valence-electron chi connectivity index (χ3n) is 5.88. The minimum Gasteiger partial charge on any atom is -0.488 e. The van der Waals surface area contributed by atoms with E-state index in [4.69, 9.17) is 14.8 Å². The number of hydrogen-bond acceptors (Lipinski definition) is 4. The molecule has 0 saturated heterocycles. The Morgan fingerprint density at radius 2 is 1.89 bits per heavy atom. The summed E-state index contributed by atoms with van der Waals surface area (Å²) in [7, 11) is 0. The molecule has 9 heteroatoms. The Kier molecular flexibility index (Phi) is 7.98. The van der Waals surface area contributed by atoms with Crippen LogP contribution in [0, 0.1) is 0 Å². The predicted octanol–water partition coefficient (Wildman–Crippen LogP) is 7.57. The zero-order chi connectivity index (χ0) is 25.7. The van der Waals surface area contributed by atoms with Crippen molar-refractivity contribution in [2.24, 2.45) is 0 Å². The van der Waals surface area contributed by atoms with E-state index in [0.29, 0.717) is 23.6 Å². The number of hydrogen-bond donors (Lipinski definition) is 1. The van der Waals surface area contributed by atoms with Crippen molar-refractivity contribution in [3.05, 3.63) is 70.9 Å². The van der Waals surface area contributed by atoms with E-state index in [2.05, 4.69) is 11.5 Å². The molecule has 2 heterocycles. The molecule has 2 aromatic carbocycles. The summed E-state index contributed by atoms with van der Waals surface area (Å²) in [6.07, 6.45) is 0.898. The first-order chi connectivity index (χ1) is 17.2. The zero-order valence-corrected chi connectivity index (χ0v) is 20.7. The fraction of sp³-hybridized carbons (Fsp3) is 0.333. The molecule has 0 saturated carbocycles. The first-order valence-electron chi connectivity index (χ1n) is 11.8. The number of ether oxygens (including phenoxy) is 1. The van der Waals surface area contributed by atoms with Gasteiger partial charge in [0.15, 0.2) is 0 Å². The Morgan fingerprint density at radius 3 is 2.58 bits per heavy atom. The average Bonchev–Trinajstić information content (AvgIpc) is 3.44. The number of aryl methyl sites for hydroxylation is 2. The van der Waals surface area contributed by atoms with E-state index in [-0.39, 0.29) is 6.42 Å². The van der Waals surface area contributed by atoms with Gasteiger partial charge in [0.05, 0.1) is 16.1 Å². The SMILES string of the molecule is CCCc1nc(-c2ccc(C(F)(F)F)cc2)sc1COc1ccc2c(ccn2CCCCC(=O)O)c1. The summed E-state index contributed by atoms with van der Waals surface area (Å²) in [4.78, 5) is 16.3.